The highest BCUT2D eigenvalue weighted by atomic mass is 16.5. The molecule has 0 saturated heterocycles. The first-order chi connectivity index (χ1) is 9.19. The number of hydrogen-bond donors (Lipinski definition) is 1. The van der Waals surface area contributed by atoms with Crippen molar-refractivity contribution in [3.05, 3.63) is 58.9 Å². The monoisotopic (exact) mass is 256 g/mol. The average molecular weight is 256 g/mol. The van der Waals surface area contributed by atoms with Crippen LogP contribution in [0, 0.1) is 13.8 Å². The van der Waals surface area contributed by atoms with Crippen molar-refractivity contribution in [1.29, 1.82) is 0 Å². The molecule has 3 nitrogen and oxygen atoms in total. The van der Waals surface area contributed by atoms with E-state index in [0.717, 1.165) is 17.0 Å². The maximum Gasteiger partial charge on any atom is 0.127 e. The molecule has 1 N–H and O–H groups in total. The van der Waals surface area contributed by atoms with Crippen LogP contribution in [-0.2, 0) is 0 Å². The molecule has 2 rings (SSSR count). The van der Waals surface area contributed by atoms with E-state index in [1.165, 1.54) is 11.1 Å². The molecule has 1 aromatic heterocycles. The van der Waals surface area contributed by atoms with Crippen molar-refractivity contribution in [1.82, 2.24) is 10.3 Å². The second-order valence-electron chi connectivity index (χ2n) is 4.61. The molecular formula is C16H20N2O. The Kier molecular flexibility index (Phi) is 4.17. The Morgan fingerprint density at radius 1 is 1.16 bits per heavy atom. The predicted molar refractivity (Wildman–Crippen MR) is 77.6 cm³/mol. The number of pyridine rings is 1. The minimum Gasteiger partial charge on any atom is -0.496 e. The maximum absolute atomic E-state index is 5.59. The summed E-state index contributed by atoms with van der Waals surface area (Å²) in [6, 6.07) is 10.2. The van der Waals surface area contributed by atoms with E-state index in [1.54, 1.807) is 7.11 Å². The van der Waals surface area contributed by atoms with Crippen LogP contribution in [0.1, 0.15) is 28.4 Å². The molecule has 1 heterocycles. The normalized spacial score (nSPS) is 12.2. The van der Waals surface area contributed by atoms with Gasteiger partial charge in [0.15, 0.2) is 0 Å². The third-order valence-corrected chi connectivity index (χ3v) is 3.49. The SMILES string of the molecule is CNC(c1ccccn1)c1ccc(C)c(C)c1OC. The summed E-state index contributed by atoms with van der Waals surface area (Å²) < 4.78 is 5.59. The van der Waals surface area contributed by atoms with Gasteiger partial charge in [-0.25, -0.2) is 0 Å². The van der Waals surface area contributed by atoms with Crippen LogP contribution in [0.4, 0.5) is 0 Å². The van der Waals surface area contributed by atoms with Crippen LogP contribution < -0.4 is 10.1 Å². The zero-order chi connectivity index (χ0) is 13.8. The molecule has 0 aliphatic heterocycles. The molecule has 2 aromatic rings. The third kappa shape index (κ3) is 2.61. The summed E-state index contributed by atoms with van der Waals surface area (Å²) in [4.78, 5) is 4.44. The molecule has 0 amide bonds. The maximum atomic E-state index is 5.59. The summed E-state index contributed by atoms with van der Waals surface area (Å²) >= 11 is 0. The zero-order valence-electron chi connectivity index (χ0n) is 11.9. The molecule has 1 aromatic carbocycles. The van der Waals surface area contributed by atoms with Crippen molar-refractivity contribution in [3.63, 3.8) is 0 Å². The number of nitrogens with zero attached hydrogens (tertiary/aromatic N) is 1. The smallest absolute Gasteiger partial charge is 0.127 e. The summed E-state index contributed by atoms with van der Waals surface area (Å²) in [6.45, 7) is 4.18. The Balaban J connectivity index is 2.53. The lowest BCUT2D eigenvalue weighted by Crippen LogP contribution is -2.20. The van der Waals surface area contributed by atoms with Gasteiger partial charge in [-0.15, -0.1) is 0 Å². The minimum absolute atomic E-state index is 0.0375. The summed E-state index contributed by atoms with van der Waals surface area (Å²) in [5.74, 6) is 0.935. The van der Waals surface area contributed by atoms with E-state index in [9.17, 15) is 0 Å². The van der Waals surface area contributed by atoms with E-state index in [0.29, 0.717) is 0 Å². The van der Waals surface area contributed by atoms with Gasteiger partial charge in [-0.1, -0.05) is 18.2 Å². The quantitative estimate of drug-likeness (QED) is 0.913. The van der Waals surface area contributed by atoms with Gasteiger partial charge in [0.25, 0.3) is 0 Å². The Hall–Kier alpha value is -1.87. The van der Waals surface area contributed by atoms with Gasteiger partial charge < -0.3 is 10.1 Å². The van der Waals surface area contributed by atoms with Gasteiger partial charge in [-0.3, -0.25) is 4.98 Å². The van der Waals surface area contributed by atoms with Gasteiger partial charge in [-0.2, -0.15) is 0 Å². The first kappa shape index (κ1) is 13.6. The molecule has 0 aliphatic rings. The highest BCUT2D eigenvalue weighted by molar-refractivity contribution is 5.48. The Bertz CT molecular complexity index is 552. The Labute approximate surface area is 114 Å². The predicted octanol–water partition coefficient (Wildman–Crippen LogP) is 3.02. The second-order valence-corrected chi connectivity index (χ2v) is 4.61. The summed E-state index contributed by atoms with van der Waals surface area (Å²) in [5.41, 5.74) is 4.52. The molecular weight excluding hydrogens is 236 g/mol. The number of ether oxygens (including phenoxy) is 1. The van der Waals surface area contributed by atoms with Crippen molar-refractivity contribution in [3.8, 4) is 5.75 Å². The highest BCUT2D eigenvalue weighted by Gasteiger charge is 2.19. The molecule has 0 saturated carbocycles. The van der Waals surface area contributed by atoms with Crippen LogP contribution in [0.15, 0.2) is 36.5 Å². The molecule has 1 atom stereocenters. The van der Waals surface area contributed by atoms with Gasteiger partial charge in [0.1, 0.15) is 5.75 Å². The van der Waals surface area contributed by atoms with E-state index < -0.39 is 0 Å². The van der Waals surface area contributed by atoms with E-state index in [1.807, 2.05) is 31.4 Å². The number of aryl methyl sites for hydroxylation is 1. The lowest BCUT2D eigenvalue weighted by atomic mass is 9.97. The molecule has 0 fully saturated rings. The topological polar surface area (TPSA) is 34.2 Å². The van der Waals surface area contributed by atoms with Crippen molar-refractivity contribution >= 4 is 0 Å². The molecule has 19 heavy (non-hydrogen) atoms. The summed E-state index contributed by atoms with van der Waals surface area (Å²) in [5, 5.41) is 3.31. The number of hydrogen-bond acceptors (Lipinski definition) is 3. The van der Waals surface area contributed by atoms with Crippen LogP contribution >= 0.6 is 0 Å². The molecule has 0 spiro atoms. The lowest BCUT2D eigenvalue weighted by molar-refractivity contribution is 0.401. The Morgan fingerprint density at radius 2 is 1.95 bits per heavy atom. The van der Waals surface area contributed by atoms with Gasteiger partial charge >= 0.3 is 0 Å². The first-order valence-electron chi connectivity index (χ1n) is 6.41. The Morgan fingerprint density at radius 3 is 2.53 bits per heavy atom. The van der Waals surface area contributed by atoms with Gasteiger partial charge in [0, 0.05) is 11.8 Å². The fraction of sp³-hybridized carbons (Fsp3) is 0.312. The molecule has 100 valence electrons. The highest BCUT2D eigenvalue weighted by Crippen LogP contribution is 2.33. The summed E-state index contributed by atoms with van der Waals surface area (Å²) in [6.07, 6.45) is 1.81. The van der Waals surface area contributed by atoms with Crippen molar-refractivity contribution in [2.24, 2.45) is 0 Å². The number of rotatable bonds is 4. The van der Waals surface area contributed by atoms with Gasteiger partial charge in [-0.05, 0) is 44.2 Å². The van der Waals surface area contributed by atoms with Gasteiger partial charge in [0.05, 0.1) is 18.8 Å². The second kappa shape index (κ2) is 5.85. The van der Waals surface area contributed by atoms with Crippen LogP contribution in [0.2, 0.25) is 0 Å². The molecule has 0 bridgehead atoms. The molecule has 0 radical (unpaired) electrons. The number of nitrogens with one attached hydrogen (secondary N) is 1. The van der Waals surface area contributed by atoms with Gasteiger partial charge in [0.2, 0.25) is 0 Å². The minimum atomic E-state index is 0.0375. The number of methoxy groups -OCH3 is 1. The largest absolute Gasteiger partial charge is 0.496 e. The fourth-order valence-corrected chi connectivity index (χ4v) is 2.32. The zero-order valence-corrected chi connectivity index (χ0v) is 11.9. The number of benzene rings is 1. The standard InChI is InChI=1S/C16H20N2O/c1-11-8-9-13(16(19-4)12(11)2)15(17-3)14-7-5-6-10-18-14/h5-10,15,17H,1-4H3. The third-order valence-electron chi connectivity index (χ3n) is 3.49. The molecule has 3 heteroatoms. The number of aromatic nitrogens is 1. The van der Waals surface area contributed by atoms with Crippen LogP contribution in [0.25, 0.3) is 0 Å². The van der Waals surface area contributed by atoms with Crippen LogP contribution in [-0.4, -0.2) is 19.1 Å². The van der Waals surface area contributed by atoms with E-state index >= 15 is 0 Å². The van der Waals surface area contributed by atoms with E-state index in [4.69, 9.17) is 4.74 Å². The lowest BCUT2D eigenvalue weighted by Gasteiger charge is -2.21. The average Bonchev–Trinajstić information content (AvgIpc) is 2.45. The van der Waals surface area contributed by atoms with Crippen molar-refractivity contribution in [2.75, 3.05) is 14.2 Å². The van der Waals surface area contributed by atoms with Crippen LogP contribution in [0.3, 0.4) is 0 Å². The summed E-state index contributed by atoms with van der Waals surface area (Å²) in [7, 11) is 3.66. The fourth-order valence-electron chi connectivity index (χ4n) is 2.32. The van der Waals surface area contributed by atoms with Crippen molar-refractivity contribution < 1.29 is 4.74 Å². The molecule has 1 unspecified atom stereocenters. The van der Waals surface area contributed by atoms with Crippen molar-refractivity contribution in [2.45, 2.75) is 19.9 Å². The van der Waals surface area contributed by atoms with E-state index in [-0.39, 0.29) is 6.04 Å². The van der Waals surface area contributed by atoms with E-state index in [2.05, 4.69) is 36.3 Å². The first-order valence-corrected chi connectivity index (χ1v) is 6.41. The molecule has 0 aliphatic carbocycles. The van der Waals surface area contributed by atoms with Crippen LogP contribution in [0.5, 0.6) is 5.75 Å².